The van der Waals surface area contributed by atoms with Gasteiger partial charge in [-0.25, -0.2) is 0 Å². The Morgan fingerprint density at radius 3 is 2.79 bits per heavy atom. The van der Waals surface area contributed by atoms with Crippen molar-refractivity contribution in [3.05, 3.63) is 23.8 Å². The van der Waals surface area contributed by atoms with Crippen LogP contribution in [-0.2, 0) is 11.2 Å². The number of benzene rings is 1. The molecule has 1 N–H and O–H groups in total. The van der Waals surface area contributed by atoms with Crippen LogP contribution in [0.5, 0.6) is 11.5 Å². The van der Waals surface area contributed by atoms with Crippen LogP contribution in [-0.4, -0.2) is 25.2 Å². The summed E-state index contributed by atoms with van der Waals surface area (Å²) in [4.78, 5) is 11.9. The van der Waals surface area contributed by atoms with E-state index in [1.165, 1.54) is 0 Å². The zero-order chi connectivity index (χ0) is 13.7. The normalized spacial score (nSPS) is 14.8. The van der Waals surface area contributed by atoms with E-state index in [1.807, 2.05) is 25.1 Å². The van der Waals surface area contributed by atoms with Gasteiger partial charge in [-0.05, 0) is 31.0 Å². The number of nitrogens with one attached hydrogen (secondary N) is 1. The second-order valence-electron chi connectivity index (χ2n) is 4.91. The SMILES string of the molecule is CCC[C@@H](C)NC(=O)Cc1ccc2c(c1)OCCO2. The van der Waals surface area contributed by atoms with Crippen molar-refractivity contribution in [1.29, 1.82) is 0 Å². The molecule has 104 valence electrons. The second-order valence-corrected chi connectivity index (χ2v) is 4.91. The first-order valence-corrected chi connectivity index (χ1v) is 6.87. The number of ether oxygens (including phenoxy) is 2. The molecule has 1 aliphatic rings. The summed E-state index contributed by atoms with van der Waals surface area (Å²) in [6, 6.07) is 5.90. The van der Waals surface area contributed by atoms with E-state index in [0.717, 1.165) is 29.9 Å². The topological polar surface area (TPSA) is 47.6 Å². The minimum atomic E-state index is 0.0534. The van der Waals surface area contributed by atoms with E-state index in [-0.39, 0.29) is 11.9 Å². The van der Waals surface area contributed by atoms with E-state index in [4.69, 9.17) is 9.47 Å². The standard InChI is InChI=1S/C15H21NO3/c1-3-4-11(2)16-15(17)10-12-5-6-13-14(9-12)19-8-7-18-13/h5-6,9,11H,3-4,7-8,10H2,1-2H3,(H,16,17)/t11-/m1/s1. The van der Waals surface area contributed by atoms with Crippen LogP contribution < -0.4 is 14.8 Å². The summed E-state index contributed by atoms with van der Waals surface area (Å²) in [5, 5.41) is 3.00. The van der Waals surface area contributed by atoms with Crippen molar-refractivity contribution in [3.63, 3.8) is 0 Å². The number of rotatable bonds is 5. The molecule has 0 bridgehead atoms. The van der Waals surface area contributed by atoms with Crippen molar-refractivity contribution in [3.8, 4) is 11.5 Å². The average molecular weight is 263 g/mol. The highest BCUT2D eigenvalue weighted by molar-refractivity contribution is 5.79. The lowest BCUT2D eigenvalue weighted by Gasteiger charge is -2.19. The molecular weight excluding hydrogens is 242 g/mol. The van der Waals surface area contributed by atoms with E-state index in [1.54, 1.807) is 0 Å². The van der Waals surface area contributed by atoms with Crippen LogP contribution in [0.4, 0.5) is 0 Å². The molecule has 1 atom stereocenters. The Balaban J connectivity index is 1.93. The zero-order valence-electron chi connectivity index (χ0n) is 11.6. The summed E-state index contributed by atoms with van der Waals surface area (Å²) in [6.07, 6.45) is 2.46. The van der Waals surface area contributed by atoms with Crippen molar-refractivity contribution in [2.75, 3.05) is 13.2 Å². The summed E-state index contributed by atoms with van der Waals surface area (Å²) < 4.78 is 11.0. The summed E-state index contributed by atoms with van der Waals surface area (Å²) in [5.74, 6) is 1.55. The molecule has 0 radical (unpaired) electrons. The van der Waals surface area contributed by atoms with Crippen molar-refractivity contribution in [1.82, 2.24) is 5.32 Å². The molecule has 19 heavy (non-hydrogen) atoms. The van der Waals surface area contributed by atoms with Gasteiger partial charge in [-0.2, -0.15) is 0 Å². The molecule has 4 nitrogen and oxygen atoms in total. The lowest BCUT2D eigenvalue weighted by atomic mass is 10.1. The molecule has 1 amide bonds. The third-order valence-electron chi connectivity index (χ3n) is 3.10. The first-order valence-electron chi connectivity index (χ1n) is 6.87. The number of hydrogen-bond acceptors (Lipinski definition) is 3. The van der Waals surface area contributed by atoms with Gasteiger partial charge in [-0.1, -0.05) is 19.4 Å². The van der Waals surface area contributed by atoms with E-state index in [2.05, 4.69) is 12.2 Å². The Hall–Kier alpha value is -1.71. The highest BCUT2D eigenvalue weighted by atomic mass is 16.6. The fourth-order valence-electron chi connectivity index (χ4n) is 2.21. The van der Waals surface area contributed by atoms with Gasteiger partial charge in [-0.3, -0.25) is 4.79 Å². The Kier molecular flexibility index (Phi) is 4.66. The molecule has 0 saturated carbocycles. The van der Waals surface area contributed by atoms with Gasteiger partial charge in [0.2, 0.25) is 5.91 Å². The van der Waals surface area contributed by atoms with Crippen LogP contribution in [0.15, 0.2) is 18.2 Å². The second kappa shape index (κ2) is 6.45. The Morgan fingerprint density at radius 2 is 2.05 bits per heavy atom. The quantitative estimate of drug-likeness (QED) is 0.886. The highest BCUT2D eigenvalue weighted by Gasteiger charge is 2.13. The third-order valence-corrected chi connectivity index (χ3v) is 3.10. The van der Waals surface area contributed by atoms with Gasteiger partial charge < -0.3 is 14.8 Å². The zero-order valence-corrected chi connectivity index (χ0v) is 11.6. The molecule has 1 heterocycles. The van der Waals surface area contributed by atoms with Gasteiger partial charge in [0.15, 0.2) is 11.5 Å². The molecule has 2 rings (SSSR count). The van der Waals surface area contributed by atoms with Crippen LogP contribution in [0.2, 0.25) is 0 Å². The lowest BCUT2D eigenvalue weighted by molar-refractivity contribution is -0.121. The summed E-state index contributed by atoms with van der Waals surface area (Å²) in [5.41, 5.74) is 0.949. The highest BCUT2D eigenvalue weighted by Crippen LogP contribution is 2.30. The van der Waals surface area contributed by atoms with E-state index in [0.29, 0.717) is 19.6 Å². The van der Waals surface area contributed by atoms with E-state index < -0.39 is 0 Å². The molecule has 1 aromatic carbocycles. The molecular formula is C15H21NO3. The predicted molar refractivity (Wildman–Crippen MR) is 73.6 cm³/mol. The summed E-state index contributed by atoms with van der Waals surface area (Å²) in [7, 11) is 0. The van der Waals surface area contributed by atoms with Gasteiger partial charge in [-0.15, -0.1) is 0 Å². The number of amides is 1. The Bertz CT molecular complexity index is 445. The van der Waals surface area contributed by atoms with Gasteiger partial charge >= 0.3 is 0 Å². The molecule has 0 saturated heterocycles. The lowest BCUT2D eigenvalue weighted by Crippen LogP contribution is -2.33. The maximum Gasteiger partial charge on any atom is 0.224 e. The average Bonchev–Trinajstić information content (AvgIpc) is 2.38. The van der Waals surface area contributed by atoms with E-state index in [9.17, 15) is 4.79 Å². The maximum atomic E-state index is 11.9. The number of carbonyl (C=O) groups excluding carboxylic acids is 1. The summed E-state index contributed by atoms with van der Waals surface area (Å²) >= 11 is 0. The Labute approximate surface area is 114 Å². The maximum absolute atomic E-state index is 11.9. The van der Waals surface area contributed by atoms with Gasteiger partial charge in [0.05, 0.1) is 6.42 Å². The van der Waals surface area contributed by atoms with Crippen molar-refractivity contribution < 1.29 is 14.3 Å². The molecule has 0 aromatic heterocycles. The van der Waals surface area contributed by atoms with Gasteiger partial charge in [0.1, 0.15) is 13.2 Å². The van der Waals surface area contributed by atoms with Crippen LogP contribution in [0.25, 0.3) is 0 Å². The molecule has 4 heteroatoms. The molecule has 1 aromatic rings. The molecule has 0 unspecified atom stereocenters. The number of carbonyl (C=O) groups is 1. The van der Waals surface area contributed by atoms with Crippen LogP contribution in [0.3, 0.4) is 0 Å². The first-order chi connectivity index (χ1) is 9.19. The number of fused-ring (bicyclic) bond motifs is 1. The monoisotopic (exact) mass is 263 g/mol. The van der Waals surface area contributed by atoms with Crippen molar-refractivity contribution in [2.24, 2.45) is 0 Å². The van der Waals surface area contributed by atoms with Crippen LogP contribution in [0, 0.1) is 0 Å². The van der Waals surface area contributed by atoms with Gasteiger partial charge in [0.25, 0.3) is 0 Å². The molecule has 0 aliphatic carbocycles. The van der Waals surface area contributed by atoms with Gasteiger partial charge in [0, 0.05) is 6.04 Å². The van der Waals surface area contributed by atoms with Crippen LogP contribution in [0.1, 0.15) is 32.3 Å². The Morgan fingerprint density at radius 1 is 1.32 bits per heavy atom. The van der Waals surface area contributed by atoms with Crippen LogP contribution >= 0.6 is 0 Å². The smallest absolute Gasteiger partial charge is 0.224 e. The third kappa shape index (κ3) is 3.88. The largest absolute Gasteiger partial charge is 0.486 e. The molecule has 0 fully saturated rings. The number of hydrogen-bond donors (Lipinski definition) is 1. The fourth-order valence-corrected chi connectivity index (χ4v) is 2.21. The minimum Gasteiger partial charge on any atom is -0.486 e. The first kappa shape index (κ1) is 13.7. The van der Waals surface area contributed by atoms with Crippen molar-refractivity contribution in [2.45, 2.75) is 39.2 Å². The molecule has 0 spiro atoms. The summed E-state index contributed by atoms with van der Waals surface area (Å²) in [6.45, 7) is 5.30. The fraction of sp³-hybridized carbons (Fsp3) is 0.533. The predicted octanol–water partition coefficient (Wildman–Crippen LogP) is 2.31. The van der Waals surface area contributed by atoms with Crippen molar-refractivity contribution >= 4 is 5.91 Å². The molecule has 1 aliphatic heterocycles. The minimum absolute atomic E-state index is 0.0534. The van der Waals surface area contributed by atoms with E-state index >= 15 is 0 Å².